The van der Waals surface area contributed by atoms with Gasteiger partial charge in [0.2, 0.25) is 6.29 Å². The van der Waals surface area contributed by atoms with E-state index in [0.29, 0.717) is 6.61 Å². The van der Waals surface area contributed by atoms with Crippen LogP contribution in [0.15, 0.2) is 25.3 Å². The third-order valence-corrected chi connectivity index (χ3v) is 0.724. The molecule has 0 aliphatic carbocycles. The molecule has 0 aromatic carbocycles. The van der Waals surface area contributed by atoms with Gasteiger partial charge in [-0.3, -0.25) is 4.79 Å². The van der Waals surface area contributed by atoms with Gasteiger partial charge in [-0.05, 0) is 0 Å². The molecule has 0 N–H and O–H groups in total. The summed E-state index contributed by atoms with van der Waals surface area (Å²) in [6.07, 6.45) is 3.99. The molecule has 1 unspecified atom stereocenters. The van der Waals surface area contributed by atoms with E-state index in [9.17, 15) is 4.79 Å². The molecule has 2 heteroatoms. The van der Waals surface area contributed by atoms with E-state index in [1.807, 2.05) is 0 Å². The van der Waals surface area contributed by atoms with E-state index in [4.69, 9.17) is 4.74 Å². The van der Waals surface area contributed by atoms with Crippen LogP contribution in [0.2, 0.25) is 0 Å². The van der Waals surface area contributed by atoms with Crippen molar-refractivity contribution in [3.8, 4) is 0 Å². The first kappa shape index (κ1) is 8.11. The van der Waals surface area contributed by atoms with E-state index in [0.717, 1.165) is 0 Å². The highest BCUT2D eigenvalue weighted by atomic mass is 16.5. The van der Waals surface area contributed by atoms with Crippen molar-refractivity contribution >= 4 is 6.29 Å². The van der Waals surface area contributed by atoms with Crippen molar-refractivity contribution in [2.45, 2.75) is 6.10 Å². The molecule has 0 aromatic heterocycles. The highest BCUT2D eigenvalue weighted by Gasteiger charge is 1.98. The lowest BCUT2D eigenvalue weighted by atomic mass is 10.4. The third-order valence-electron chi connectivity index (χ3n) is 0.724. The predicted octanol–water partition coefficient (Wildman–Crippen LogP) is 0.853. The lowest BCUT2D eigenvalue weighted by molar-refractivity contribution is 0.152. The zero-order valence-corrected chi connectivity index (χ0v) is 5.17. The molecular formula is C7H9O2. The molecule has 49 valence electrons. The fourth-order valence-corrected chi connectivity index (χ4v) is 0.322. The molecular weight excluding hydrogens is 116 g/mol. The van der Waals surface area contributed by atoms with E-state index in [2.05, 4.69) is 13.2 Å². The van der Waals surface area contributed by atoms with E-state index in [1.54, 1.807) is 12.4 Å². The SMILES string of the molecule is C=CCOC([C]=O)C=C. The Bertz CT molecular complexity index is 99.5. The first-order valence-electron chi connectivity index (χ1n) is 2.58. The van der Waals surface area contributed by atoms with Gasteiger partial charge in [0.25, 0.3) is 0 Å². The van der Waals surface area contributed by atoms with Crippen LogP contribution in [0.5, 0.6) is 0 Å². The van der Waals surface area contributed by atoms with E-state index in [-0.39, 0.29) is 0 Å². The van der Waals surface area contributed by atoms with Gasteiger partial charge in [0.1, 0.15) is 6.10 Å². The zero-order chi connectivity index (χ0) is 7.11. The Morgan fingerprint density at radius 3 is 2.67 bits per heavy atom. The first-order chi connectivity index (χ1) is 4.35. The lowest BCUT2D eigenvalue weighted by Gasteiger charge is -2.00. The van der Waals surface area contributed by atoms with Gasteiger partial charge in [-0.1, -0.05) is 12.2 Å². The van der Waals surface area contributed by atoms with E-state index in [1.165, 1.54) is 6.08 Å². The average molecular weight is 125 g/mol. The Labute approximate surface area is 54.8 Å². The molecule has 0 fully saturated rings. The fourth-order valence-electron chi connectivity index (χ4n) is 0.322. The maximum absolute atomic E-state index is 9.89. The van der Waals surface area contributed by atoms with Crippen molar-refractivity contribution in [3.05, 3.63) is 25.3 Å². The molecule has 0 amide bonds. The molecule has 0 spiro atoms. The normalized spacial score (nSPS) is 12.0. The summed E-state index contributed by atoms with van der Waals surface area (Å²) in [6, 6.07) is 0. The molecule has 0 heterocycles. The molecule has 1 atom stereocenters. The molecule has 0 saturated heterocycles. The number of rotatable bonds is 5. The van der Waals surface area contributed by atoms with Crippen LogP contribution in [0.1, 0.15) is 0 Å². The van der Waals surface area contributed by atoms with Crippen molar-refractivity contribution in [1.29, 1.82) is 0 Å². The van der Waals surface area contributed by atoms with Crippen LogP contribution in [-0.2, 0) is 9.53 Å². The summed E-state index contributed by atoms with van der Waals surface area (Å²) in [4.78, 5) is 9.89. The van der Waals surface area contributed by atoms with Crippen molar-refractivity contribution < 1.29 is 9.53 Å². The summed E-state index contributed by atoms with van der Waals surface area (Å²) >= 11 is 0. The Balaban J connectivity index is 3.41. The van der Waals surface area contributed by atoms with Gasteiger partial charge in [-0.2, -0.15) is 0 Å². The van der Waals surface area contributed by atoms with Crippen molar-refractivity contribution in [1.82, 2.24) is 0 Å². The first-order valence-corrected chi connectivity index (χ1v) is 2.58. The van der Waals surface area contributed by atoms with Gasteiger partial charge in [0.15, 0.2) is 0 Å². The van der Waals surface area contributed by atoms with Crippen molar-refractivity contribution in [2.75, 3.05) is 6.61 Å². The minimum Gasteiger partial charge on any atom is -0.362 e. The minimum absolute atomic E-state index is 0.353. The van der Waals surface area contributed by atoms with Gasteiger partial charge >= 0.3 is 0 Å². The molecule has 1 radical (unpaired) electrons. The average Bonchev–Trinajstić information content (AvgIpc) is 1.91. The monoisotopic (exact) mass is 125 g/mol. The zero-order valence-electron chi connectivity index (χ0n) is 5.17. The molecule has 9 heavy (non-hydrogen) atoms. The standard InChI is InChI=1S/C7H9O2/c1-3-5-9-7(4-2)6-8/h3-4,7H,1-2,5H2. The van der Waals surface area contributed by atoms with Crippen molar-refractivity contribution in [2.24, 2.45) is 0 Å². The summed E-state index contributed by atoms with van der Waals surface area (Å²) in [5, 5.41) is 0. The lowest BCUT2D eigenvalue weighted by Crippen LogP contribution is -2.10. The number of ether oxygens (including phenoxy) is 1. The Kier molecular flexibility index (Phi) is 4.73. The van der Waals surface area contributed by atoms with Gasteiger partial charge < -0.3 is 4.74 Å². The van der Waals surface area contributed by atoms with E-state index < -0.39 is 6.10 Å². The molecule has 2 nitrogen and oxygen atoms in total. The largest absolute Gasteiger partial charge is 0.362 e. The van der Waals surface area contributed by atoms with Crippen LogP contribution in [0.4, 0.5) is 0 Å². The second kappa shape index (κ2) is 5.25. The minimum atomic E-state index is -0.608. The molecule has 0 aliphatic heterocycles. The van der Waals surface area contributed by atoms with Crippen molar-refractivity contribution in [3.63, 3.8) is 0 Å². The second-order valence-corrected chi connectivity index (χ2v) is 1.40. The van der Waals surface area contributed by atoms with Crippen LogP contribution in [0, 0.1) is 0 Å². The summed E-state index contributed by atoms with van der Waals surface area (Å²) in [5.41, 5.74) is 0. The van der Waals surface area contributed by atoms with Crippen LogP contribution in [-0.4, -0.2) is 19.0 Å². The fraction of sp³-hybridized carbons (Fsp3) is 0.286. The Morgan fingerprint density at radius 2 is 2.33 bits per heavy atom. The maximum atomic E-state index is 9.89. The number of hydrogen-bond acceptors (Lipinski definition) is 2. The summed E-state index contributed by atoms with van der Waals surface area (Å²) in [6.45, 7) is 7.13. The summed E-state index contributed by atoms with van der Waals surface area (Å²) in [5.74, 6) is 0. The molecule has 0 aliphatic rings. The summed E-state index contributed by atoms with van der Waals surface area (Å²) < 4.78 is 4.83. The highest BCUT2D eigenvalue weighted by molar-refractivity contribution is 5.59. The molecule has 0 aromatic rings. The van der Waals surface area contributed by atoms with Crippen LogP contribution >= 0.6 is 0 Å². The second-order valence-electron chi connectivity index (χ2n) is 1.40. The highest BCUT2D eigenvalue weighted by Crippen LogP contribution is 1.87. The Morgan fingerprint density at radius 1 is 1.67 bits per heavy atom. The number of hydrogen-bond donors (Lipinski definition) is 0. The van der Waals surface area contributed by atoms with Gasteiger partial charge in [0.05, 0.1) is 6.61 Å². The molecule has 0 bridgehead atoms. The summed E-state index contributed by atoms with van der Waals surface area (Å²) in [7, 11) is 0. The van der Waals surface area contributed by atoms with E-state index >= 15 is 0 Å². The number of carbonyl (C=O) groups excluding carboxylic acids is 1. The van der Waals surface area contributed by atoms with Crippen LogP contribution < -0.4 is 0 Å². The van der Waals surface area contributed by atoms with Crippen LogP contribution in [0.3, 0.4) is 0 Å². The van der Waals surface area contributed by atoms with Gasteiger partial charge in [-0.15, -0.1) is 13.2 Å². The predicted molar refractivity (Wildman–Crippen MR) is 35.8 cm³/mol. The van der Waals surface area contributed by atoms with Gasteiger partial charge in [-0.25, -0.2) is 0 Å². The quantitative estimate of drug-likeness (QED) is 0.509. The molecule has 0 saturated carbocycles. The maximum Gasteiger partial charge on any atom is 0.234 e. The molecule has 0 rings (SSSR count). The Hall–Kier alpha value is -0.890. The topological polar surface area (TPSA) is 26.3 Å². The smallest absolute Gasteiger partial charge is 0.234 e. The van der Waals surface area contributed by atoms with Gasteiger partial charge in [0, 0.05) is 0 Å². The van der Waals surface area contributed by atoms with Crippen LogP contribution in [0.25, 0.3) is 0 Å². The third kappa shape index (κ3) is 3.67.